The van der Waals surface area contributed by atoms with Gasteiger partial charge in [0.2, 0.25) is 5.91 Å². The molecular weight excluding hydrogens is 354 g/mol. The number of nitrogens with one attached hydrogen (secondary N) is 1. The monoisotopic (exact) mass is 375 g/mol. The van der Waals surface area contributed by atoms with E-state index < -0.39 is 0 Å². The van der Waals surface area contributed by atoms with E-state index in [4.69, 9.17) is 4.98 Å². The van der Waals surface area contributed by atoms with E-state index in [1.54, 1.807) is 0 Å². The van der Waals surface area contributed by atoms with Gasteiger partial charge in [0.25, 0.3) is 0 Å². The molecule has 1 saturated carbocycles. The van der Waals surface area contributed by atoms with Gasteiger partial charge in [-0.05, 0) is 49.3 Å². The molecule has 1 aromatic carbocycles. The largest absolute Gasteiger partial charge is 0.340 e. The minimum absolute atomic E-state index is 0.131. The normalized spacial score (nSPS) is 26.6. The number of amides is 1. The Balaban J connectivity index is 1.70. The van der Waals surface area contributed by atoms with Crippen LogP contribution in [0, 0.1) is 11.8 Å². The molecule has 0 spiro atoms. The number of carbonyl (C=O) groups excluding carboxylic acids is 1. The molecule has 2 aromatic rings. The molecule has 3 unspecified atom stereocenters. The lowest BCUT2D eigenvalue weighted by molar-refractivity contribution is -0.136. The second-order valence-corrected chi connectivity index (χ2v) is 8.27. The van der Waals surface area contributed by atoms with Crippen molar-refractivity contribution >= 4 is 32.9 Å². The van der Waals surface area contributed by atoms with Crippen LogP contribution in [0.5, 0.6) is 0 Å². The Morgan fingerprint density at radius 1 is 1.43 bits per heavy atom. The third-order valence-corrected chi connectivity index (χ3v) is 5.69. The van der Waals surface area contributed by atoms with E-state index in [0.717, 1.165) is 34.2 Å². The van der Waals surface area contributed by atoms with E-state index in [1.807, 2.05) is 12.1 Å². The standard InChI is InChI=1S/C18H22BrN3O/c1-10(2)7-16(23)22-13-5-3-11(8-13)17(22)18-20-14-6-4-12(19)9-15(14)21-18/h4,6,9-11,13,17H,3,5,7-8H2,1-2H3,(H,20,21). The van der Waals surface area contributed by atoms with Crippen LogP contribution in [0.2, 0.25) is 0 Å². The van der Waals surface area contributed by atoms with Gasteiger partial charge in [-0.15, -0.1) is 0 Å². The van der Waals surface area contributed by atoms with E-state index in [9.17, 15) is 4.79 Å². The summed E-state index contributed by atoms with van der Waals surface area (Å²) in [5, 5.41) is 0. The van der Waals surface area contributed by atoms with E-state index in [0.29, 0.717) is 30.2 Å². The van der Waals surface area contributed by atoms with Crippen LogP contribution in [-0.4, -0.2) is 26.8 Å². The van der Waals surface area contributed by atoms with Crippen LogP contribution < -0.4 is 0 Å². The van der Waals surface area contributed by atoms with Crippen LogP contribution >= 0.6 is 15.9 Å². The van der Waals surface area contributed by atoms with E-state index in [-0.39, 0.29) is 6.04 Å². The van der Waals surface area contributed by atoms with Gasteiger partial charge in [0.05, 0.1) is 17.1 Å². The Morgan fingerprint density at radius 3 is 3.04 bits per heavy atom. The summed E-state index contributed by atoms with van der Waals surface area (Å²) in [6, 6.07) is 6.63. The fourth-order valence-electron chi connectivity index (χ4n) is 4.30. The predicted octanol–water partition coefficient (Wildman–Crippen LogP) is 4.42. The first kappa shape index (κ1) is 15.2. The molecular formula is C18H22BrN3O. The van der Waals surface area contributed by atoms with Gasteiger partial charge in [0, 0.05) is 16.9 Å². The fourth-order valence-corrected chi connectivity index (χ4v) is 4.66. The molecule has 2 bridgehead atoms. The summed E-state index contributed by atoms with van der Waals surface area (Å²) in [6.45, 7) is 4.22. The molecule has 1 saturated heterocycles. The Hall–Kier alpha value is -1.36. The highest BCUT2D eigenvalue weighted by molar-refractivity contribution is 9.10. The van der Waals surface area contributed by atoms with Gasteiger partial charge >= 0.3 is 0 Å². The predicted molar refractivity (Wildman–Crippen MR) is 94.0 cm³/mol. The number of aromatic amines is 1. The SMILES string of the molecule is CC(C)CC(=O)N1C2CCC(C2)C1c1nc2ccc(Br)cc2[nH]1. The number of piperidine rings is 1. The molecule has 23 heavy (non-hydrogen) atoms. The summed E-state index contributed by atoms with van der Waals surface area (Å²) < 4.78 is 1.04. The van der Waals surface area contributed by atoms with Gasteiger partial charge in [-0.2, -0.15) is 0 Å². The van der Waals surface area contributed by atoms with Crippen LogP contribution in [0.3, 0.4) is 0 Å². The maximum atomic E-state index is 12.8. The minimum atomic E-state index is 0.131. The highest BCUT2D eigenvalue weighted by atomic mass is 79.9. The molecule has 1 amide bonds. The molecule has 4 rings (SSSR count). The molecule has 1 aromatic heterocycles. The molecule has 1 N–H and O–H groups in total. The molecule has 122 valence electrons. The number of aromatic nitrogens is 2. The van der Waals surface area contributed by atoms with Crippen LogP contribution in [0.4, 0.5) is 0 Å². The van der Waals surface area contributed by atoms with Crippen molar-refractivity contribution in [1.82, 2.24) is 14.9 Å². The van der Waals surface area contributed by atoms with Crippen LogP contribution in [-0.2, 0) is 4.79 Å². The Labute approximate surface area is 144 Å². The second kappa shape index (κ2) is 5.62. The van der Waals surface area contributed by atoms with Gasteiger partial charge < -0.3 is 9.88 Å². The Morgan fingerprint density at radius 2 is 2.26 bits per heavy atom. The van der Waals surface area contributed by atoms with Gasteiger partial charge in [-0.1, -0.05) is 29.8 Å². The topological polar surface area (TPSA) is 49.0 Å². The summed E-state index contributed by atoms with van der Waals surface area (Å²) in [7, 11) is 0. The lowest BCUT2D eigenvalue weighted by Gasteiger charge is -2.34. The molecule has 4 nitrogen and oxygen atoms in total. The highest BCUT2D eigenvalue weighted by Crippen LogP contribution is 2.50. The van der Waals surface area contributed by atoms with Gasteiger partial charge in [-0.25, -0.2) is 4.98 Å². The molecule has 3 atom stereocenters. The molecule has 2 heterocycles. The van der Waals surface area contributed by atoms with Crippen molar-refractivity contribution in [2.45, 2.75) is 51.6 Å². The number of hydrogen-bond acceptors (Lipinski definition) is 2. The molecule has 1 aliphatic carbocycles. The number of fused-ring (bicyclic) bond motifs is 3. The molecule has 1 aliphatic heterocycles. The lowest BCUT2D eigenvalue weighted by Crippen LogP contribution is -2.41. The van der Waals surface area contributed by atoms with E-state index in [2.05, 4.69) is 45.7 Å². The smallest absolute Gasteiger partial charge is 0.223 e. The number of halogens is 1. The maximum Gasteiger partial charge on any atom is 0.223 e. The fraction of sp³-hybridized carbons (Fsp3) is 0.556. The molecule has 0 radical (unpaired) electrons. The highest BCUT2D eigenvalue weighted by Gasteiger charge is 2.49. The third-order valence-electron chi connectivity index (χ3n) is 5.20. The first-order chi connectivity index (χ1) is 11.0. The molecule has 5 heteroatoms. The number of imidazole rings is 1. The number of hydrogen-bond donors (Lipinski definition) is 1. The average molecular weight is 376 g/mol. The van der Waals surface area contributed by atoms with Gasteiger partial charge in [0.15, 0.2) is 0 Å². The molecule has 2 fully saturated rings. The zero-order chi connectivity index (χ0) is 16.1. The van der Waals surface area contributed by atoms with Crippen molar-refractivity contribution in [2.24, 2.45) is 11.8 Å². The van der Waals surface area contributed by atoms with Crippen molar-refractivity contribution in [3.05, 3.63) is 28.5 Å². The first-order valence-electron chi connectivity index (χ1n) is 8.49. The number of carbonyl (C=O) groups is 1. The number of rotatable bonds is 3. The summed E-state index contributed by atoms with van der Waals surface area (Å²) >= 11 is 3.51. The molecule has 2 aliphatic rings. The van der Waals surface area contributed by atoms with Gasteiger partial charge in [0.1, 0.15) is 5.82 Å². The number of H-pyrrole nitrogens is 1. The lowest BCUT2D eigenvalue weighted by atomic mass is 9.97. The summed E-state index contributed by atoms with van der Waals surface area (Å²) in [5.74, 6) is 2.20. The van der Waals surface area contributed by atoms with Crippen LogP contribution in [0.15, 0.2) is 22.7 Å². The summed E-state index contributed by atoms with van der Waals surface area (Å²) in [6.07, 6.45) is 4.12. The van der Waals surface area contributed by atoms with Crippen LogP contribution in [0.1, 0.15) is 51.4 Å². The average Bonchev–Trinajstić information content (AvgIpc) is 3.18. The van der Waals surface area contributed by atoms with E-state index >= 15 is 0 Å². The quantitative estimate of drug-likeness (QED) is 0.862. The summed E-state index contributed by atoms with van der Waals surface area (Å²) in [4.78, 5) is 23.2. The van der Waals surface area contributed by atoms with E-state index in [1.165, 1.54) is 6.42 Å². The zero-order valence-electron chi connectivity index (χ0n) is 13.6. The minimum Gasteiger partial charge on any atom is -0.340 e. The van der Waals surface area contributed by atoms with Crippen molar-refractivity contribution in [3.8, 4) is 0 Å². The van der Waals surface area contributed by atoms with Crippen molar-refractivity contribution in [2.75, 3.05) is 0 Å². The Kier molecular flexibility index (Phi) is 3.71. The van der Waals surface area contributed by atoms with Gasteiger partial charge in [-0.3, -0.25) is 4.79 Å². The van der Waals surface area contributed by atoms with Crippen molar-refractivity contribution in [3.63, 3.8) is 0 Å². The number of likely N-dealkylation sites (tertiary alicyclic amines) is 1. The number of nitrogens with zero attached hydrogens (tertiary/aromatic N) is 2. The first-order valence-corrected chi connectivity index (χ1v) is 9.28. The number of benzene rings is 1. The second-order valence-electron chi connectivity index (χ2n) is 7.35. The van der Waals surface area contributed by atoms with Crippen molar-refractivity contribution < 1.29 is 4.79 Å². The summed E-state index contributed by atoms with van der Waals surface area (Å²) in [5.41, 5.74) is 2.01. The Bertz CT molecular complexity index is 754. The zero-order valence-corrected chi connectivity index (χ0v) is 15.1. The van der Waals surface area contributed by atoms with Crippen molar-refractivity contribution in [1.29, 1.82) is 0 Å². The van der Waals surface area contributed by atoms with Crippen LogP contribution in [0.25, 0.3) is 11.0 Å². The third kappa shape index (κ3) is 2.59. The maximum absolute atomic E-state index is 12.8.